The van der Waals surface area contributed by atoms with Crippen LogP contribution in [0.4, 0.5) is 5.69 Å². The van der Waals surface area contributed by atoms with E-state index >= 15 is 0 Å². The van der Waals surface area contributed by atoms with Gasteiger partial charge in [-0.2, -0.15) is 0 Å². The van der Waals surface area contributed by atoms with Gasteiger partial charge in [-0.1, -0.05) is 31.5 Å². The molecule has 32 heavy (non-hydrogen) atoms. The smallest absolute Gasteiger partial charge is 0.264 e. The van der Waals surface area contributed by atoms with Crippen molar-refractivity contribution in [2.24, 2.45) is 5.92 Å². The van der Waals surface area contributed by atoms with E-state index in [0.29, 0.717) is 25.5 Å². The molecule has 1 atom stereocenters. The van der Waals surface area contributed by atoms with Crippen LogP contribution in [-0.2, 0) is 19.6 Å². The van der Waals surface area contributed by atoms with Crippen molar-refractivity contribution in [1.82, 2.24) is 5.32 Å². The molecule has 7 nitrogen and oxygen atoms in total. The van der Waals surface area contributed by atoms with E-state index in [1.807, 2.05) is 52.7 Å². The molecule has 0 amide bonds. The SMILES string of the molecule is C=O.Cc1ccc(N(CC(C)C)S(=O)(=O)c2ccc(OCC3CNCCO3)cc2)c(C)c1. The second-order valence-corrected chi connectivity index (χ2v) is 10.1. The normalized spacial score (nSPS) is 16.2. The highest BCUT2D eigenvalue weighted by Gasteiger charge is 2.27. The molecule has 1 fully saturated rings. The molecule has 0 aromatic heterocycles. The minimum absolute atomic E-state index is 0.00760. The molecular weight excluding hydrogens is 428 g/mol. The highest BCUT2D eigenvalue weighted by Crippen LogP contribution is 2.29. The van der Waals surface area contributed by atoms with Crippen molar-refractivity contribution in [2.45, 2.75) is 38.7 Å². The van der Waals surface area contributed by atoms with Crippen molar-refractivity contribution in [3.05, 3.63) is 53.6 Å². The summed E-state index contributed by atoms with van der Waals surface area (Å²) in [5.41, 5.74) is 2.77. The Kier molecular flexibility index (Phi) is 9.68. The molecule has 1 unspecified atom stereocenters. The van der Waals surface area contributed by atoms with Crippen LogP contribution in [0.15, 0.2) is 47.4 Å². The maximum absolute atomic E-state index is 13.5. The van der Waals surface area contributed by atoms with Crippen molar-refractivity contribution in [1.29, 1.82) is 0 Å². The average Bonchev–Trinajstić information content (AvgIpc) is 2.79. The first kappa shape index (κ1) is 25.8. The van der Waals surface area contributed by atoms with E-state index in [-0.39, 0.29) is 16.9 Å². The van der Waals surface area contributed by atoms with E-state index in [1.165, 1.54) is 4.31 Å². The molecule has 1 aliphatic heterocycles. The van der Waals surface area contributed by atoms with Gasteiger partial charge in [0.1, 0.15) is 25.2 Å². The van der Waals surface area contributed by atoms with Gasteiger partial charge in [0.2, 0.25) is 0 Å². The molecule has 2 aromatic rings. The van der Waals surface area contributed by atoms with E-state index in [2.05, 4.69) is 5.32 Å². The first-order chi connectivity index (χ1) is 15.3. The van der Waals surface area contributed by atoms with Crippen molar-refractivity contribution >= 4 is 22.5 Å². The van der Waals surface area contributed by atoms with Crippen molar-refractivity contribution in [3.8, 4) is 5.75 Å². The zero-order valence-electron chi connectivity index (χ0n) is 19.3. The van der Waals surface area contributed by atoms with E-state index in [4.69, 9.17) is 14.3 Å². The summed E-state index contributed by atoms with van der Waals surface area (Å²) in [6.07, 6.45) is 0.00760. The number of hydrogen-bond acceptors (Lipinski definition) is 6. The molecule has 176 valence electrons. The molecule has 0 spiro atoms. The average molecular weight is 463 g/mol. The molecule has 8 heteroatoms. The molecule has 2 aromatic carbocycles. The number of morpholine rings is 1. The lowest BCUT2D eigenvalue weighted by Crippen LogP contribution is -2.41. The summed E-state index contributed by atoms with van der Waals surface area (Å²) in [7, 11) is -3.69. The summed E-state index contributed by atoms with van der Waals surface area (Å²) >= 11 is 0. The summed E-state index contributed by atoms with van der Waals surface area (Å²) in [5, 5.41) is 3.26. The van der Waals surface area contributed by atoms with Gasteiger partial charge in [0.25, 0.3) is 10.0 Å². The van der Waals surface area contributed by atoms with Crippen LogP contribution in [-0.4, -0.2) is 54.2 Å². The molecule has 1 aliphatic rings. The Balaban J connectivity index is 0.00000176. The summed E-state index contributed by atoms with van der Waals surface area (Å²) in [6, 6.07) is 12.5. The quantitative estimate of drug-likeness (QED) is 0.648. The highest BCUT2D eigenvalue weighted by atomic mass is 32.2. The van der Waals surface area contributed by atoms with Gasteiger partial charge in [-0.25, -0.2) is 8.42 Å². The number of carbonyl (C=O) groups is 1. The fraction of sp³-hybridized carbons (Fsp3) is 0.458. The maximum Gasteiger partial charge on any atom is 0.264 e. The lowest BCUT2D eigenvalue weighted by Gasteiger charge is -2.28. The first-order valence-corrected chi connectivity index (χ1v) is 12.2. The predicted octanol–water partition coefficient (Wildman–Crippen LogP) is 3.34. The minimum atomic E-state index is -3.69. The van der Waals surface area contributed by atoms with Crippen LogP contribution in [0.1, 0.15) is 25.0 Å². The lowest BCUT2D eigenvalue weighted by atomic mass is 10.1. The molecule has 0 radical (unpaired) electrons. The van der Waals surface area contributed by atoms with Crippen molar-refractivity contribution < 1.29 is 22.7 Å². The Labute approximate surface area is 191 Å². The topological polar surface area (TPSA) is 84.9 Å². The Morgan fingerprint density at radius 2 is 1.84 bits per heavy atom. The van der Waals surface area contributed by atoms with Gasteiger partial charge in [0, 0.05) is 19.6 Å². The van der Waals surface area contributed by atoms with E-state index in [9.17, 15) is 8.42 Å². The molecule has 1 heterocycles. The minimum Gasteiger partial charge on any atom is -0.491 e. The summed E-state index contributed by atoms with van der Waals surface area (Å²) < 4.78 is 39.9. The van der Waals surface area contributed by atoms with Crippen LogP contribution >= 0.6 is 0 Å². The monoisotopic (exact) mass is 462 g/mol. The maximum atomic E-state index is 13.5. The van der Waals surface area contributed by atoms with E-state index in [0.717, 1.165) is 29.9 Å². The van der Waals surface area contributed by atoms with Crippen LogP contribution in [0, 0.1) is 19.8 Å². The summed E-state index contributed by atoms with van der Waals surface area (Å²) in [4.78, 5) is 8.26. The number of rotatable bonds is 8. The molecule has 0 bridgehead atoms. The van der Waals surface area contributed by atoms with Gasteiger partial charge in [0.05, 0.1) is 17.2 Å². The Bertz CT molecular complexity index is 955. The highest BCUT2D eigenvalue weighted by molar-refractivity contribution is 7.92. The van der Waals surface area contributed by atoms with Crippen LogP contribution in [0.5, 0.6) is 5.75 Å². The number of carbonyl (C=O) groups excluding carboxylic acids is 1. The number of hydrogen-bond donors (Lipinski definition) is 1. The van der Waals surface area contributed by atoms with Gasteiger partial charge >= 0.3 is 0 Å². The molecule has 1 saturated heterocycles. The van der Waals surface area contributed by atoms with E-state index < -0.39 is 10.0 Å². The molecular formula is C24H34N2O5S. The van der Waals surface area contributed by atoms with Crippen LogP contribution in [0.2, 0.25) is 0 Å². The third kappa shape index (κ3) is 6.79. The fourth-order valence-electron chi connectivity index (χ4n) is 3.49. The van der Waals surface area contributed by atoms with Crippen LogP contribution in [0.25, 0.3) is 0 Å². The molecule has 0 aliphatic carbocycles. The predicted molar refractivity (Wildman–Crippen MR) is 127 cm³/mol. The standard InChI is InChI=1S/C23H32N2O4S.CH2O/c1-17(2)15-25(23-10-5-18(3)13-19(23)4)30(26,27)22-8-6-20(7-9-22)29-16-21-14-24-11-12-28-21;1-2/h5-10,13,17,21,24H,11-12,14-16H2,1-4H3;1H2. The van der Waals surface area contributed by atoms with Gasteiger partial charge < -0.3 is 19.6 Å². The zero-order chi connectivity index (χ0) is 23.7. The van der Waals surface area contributed by atoms with Crippen LogP contribution in [0.3, 0.4) is 0 Å². The van der Waals surface area contributed by atoms with Crippen molar-refractivity contribution in [2.75, 3.05) is 37.2 Å². The van der Waals surface area contributed by atoms with Gasteiger partial charge in [-0.3, -0.25) is 4.31 Å². The van der Waals surface area contributed by atoms with Gasteiger partial charge in [0.15, 0.2) is 0 Å². The second kappa shape index (κ2) is 12.0. The fourth-order valence-corrected chi connectivity index (χ4v) is 5.19. The number of anilines is 1. The second-order valence-electron chi connectivity index (χ2n) is 8.20. The third-order valence-corrected chi connectivity index (χ3v) is 6.80. The number of ether oxygens (including phenoxy) is 2. The Morgan fingerprint density at radius 3 is 2.41 bits per heavy atom. The lowest BCUT2D eigenvalue weighted by molar-refractivity contribution is -0.0980. The number of sulfonamides is 1. The van der Waals surface area contributed by atoms with Crippen molar-refractivity contribution in [3.63, 3.8) is 0 Å². The van der Waals surface area contributed by atoms with E-state index in [1.54, 1.807) is 24.3 Å². The van der Waals surface area contributed by atoms with Crippen LogP contribution < -0.4 is 14.4 Å². The summed E-state index contributed by atoms with van der Waals surface area (Å²) in [6.45, 7) is 13.1. The first-order valence-electron chi connectivity index (χ1n) is 10.7. The third-order valence-electron chi connectivity index (χ3n) is 5.00. The zero-order valence-corrected chi connectivity index (χ0v) is 20.2. The molecule has 3 rings (SSSR count). The number of nitrogens with one attached hydrogen (secondary N) is 1. The number of aryl methyl sites for hydroxylation is 2. The molecule has 0 saturated carbocycles. The number of benzene rings is 2. The largest absolute Gasteiger partial charge is 0.491 e. The number of nitrogens with zero attached hydrogens (tertiary/aromatic N) is 1. The van der Waals surface area contributed by atoms with Gasteiger partial charge in [-0.05, 0) is 55.7 Å². The Hall–Kier alpha value is -2.42. The Morgan fingerprint density at radius 1 is 1.16 bits per heavy atom. The molecule has 1 N–H and O–H groups in total. The summed E-state index contributed by atoms with van der Waals surface area (Å²) in [5.74, 6) is 0.817. The van der Waals surface area contributed by atoms with Gasteiger partial charge in [-0.15, -0.1) is 0 Å².